The van der Waals surface area contributed by atoms with Gasteiger partial charge >= 0.3 is 0 Å². The van der Waals surface area contributed by atoms with E-state index in [2.05, 4.69) is 26.6 Å². The Hall–Kier alpha value is -3.86. The minimum absolute atomic E-state index is 0.137. The Labute approximate surface area is 231 Å². The van der Waals surface area contributed by atoms with Crippen molar-refractivity contribution in [3.63, 3.8) is 0 Å². The van der Waals surface area contributed by atoms with Crippen LogP contribution in [-0.4, -0.2) is 64.7 Å². The number of benzene rings is 1. The van der Waals surface area contributed by atoms with Crippen molar-refractivity contribution in [2.45, 2.75) is 38.0 Å². The van der Waals surface area contributed by atoms with E-state index < -0.39 is 0 Å². The van der Waals surface area contributed by atoms with Gasteiger partial charge in [-0.1, -0.05) is 12.1 Å². The van der Waals surface area contributed by atoms with Crippen molar-refractivity contribution in [3.05, 3.63) is 77.0 Å². The molecule has 206 valence electrons. The number of carbonyl (C=O) groups is 1. The van der Waals surface area contributed by atoms with E-state index in [-0.39, 0.29) is 17.8 Å². The van der Waals surface area contributed by atoms with E-state index in [0.717, 1.165) is 61.6 Å². The first-order chi connectivity index (χ1) is 19.6. The number of likely N-dealkylation sites (tertiary alicyclic amines) is 1. The Morgan fingerprint density at radius 1 is 1.23 bits per heavy atom. The maximum atomic E-state index is 13.7. The summed E-state index contributed by atoms with van der Waals surface area (Å²) in [5.41, 5.74) is 6.63. The van der Waals surface area contributed by atoms with Crippen LogP contribution in [0.4, 0.5) is 15.9 Å². The lowest BCUT2D eigenvalue weighted by Crippen LogP contribution is -2.24. The second-order valence-corrected chi connectivity index (χ2v) is 10.7. The molecule has 3 aliphatic heterocycles. The molecule has 0 spiro atoms. The van der Waals surface area contributed by atoms with Crippen LogP contribution in [0.15, 0.2) is 48.8 Å². The molecule has 2 atom stereocenters. The van der Waals surface area contributed by atoms with Crippen LogP contribution in [0.1, 0.15) is 45.9 Å². The fourth-order valence-corrected chi connectivity index (χ4v) is 6.19. The molecule has 9 nitrogen and oxygen atoms in total. The van der Waals surface area contributed by atoms with Gasteiger partial charge in [0.2, 0.25) is 0 Å². The molecule has 3 aliphatic rings. The highest BCUT2D eigenvalue weighted by atomic mass is 19.1. The summed E-state index contributed by atoms with van der Waals surface area (Å²) in [6.07, 6.45) is 5.64. The van der Waals surface area contributed by atoms with Crippen molar-refractivity contribution in [2.75, 3.05) is 38.7 Å². The molecule has 1 aromatic carbocycles. The highest BCUT2D eigenvalue weighted by molar-refractivity contribution is 6.06. The zero-order valence-corrected chi connectivity index (χ0v) is 22.3. The Balaban J connectivity index is 1.22. The summed E-state index contributed by atoms with van der Waals surface area (Å²) in [4.78, 5) is 24.8. The number of fused-ring (bicyclic) bond motifs is 2. The van der Waals surface area contributed by atoms with Gasteiger partial charge in [0.25, 0.3) is 5.91 Å². The predicted octanol–water partition coefficient (Wildman–Crippen LogP) is 4.25. The summed E-state index contributed by atoms with van der Waals surface area (Å²) in [7, 11) is 1.77. The van der Waals surface area contributed by atoms with Gasteiger partial charge in [0.1, 0.15) is 17.3 Å². The van der Waals surface area contributed by atoms with E-state index in [0.29, 0.717) is 41.8 Å². The molecular weight excluding hydrogens is 511 g/mol. The van der Waals surface area contributed by atoms with Crippen LogP contribution in [0.2, 0.25) is 0 Å². The molecule has 10 heteroatoms. The van der Waals surface area contributed by atoms with E-state index in [1.165, 1.54) is 17.7 Å². The number of pyridine rings is 2. The number of nitrogens with one attached hydrogen (secondary N) is 2. The number of aromatic nitrogens is 3. The first-order valence-corrected chi connectivity index (χ1v) is 13.7. The summed E-state index contributed by atoms with van der Waals surface area (Å²) in [6.45, 7) is 4.50. The minimum atomic E-state index is -0.340. The maximum Gasteiger partial charge on any atom is 0.254 e. The number of nitrogens with zero attached hydrogens (tertiary/aromatic N) is 4. The summed E-state index contributed by atoms with van der Waals surface area (Å²) in [5.74, 6) is 0.556. The summed E-state index contributed by atoms with van der Waals surface area (Å²) in [6, 6.07) is 10.8. The fraction of sp³-hybridized carbons (Fsp3) is 0.367. The fourth-order valence-electron chi connectivity index (χ4n) is 6.19. The van der Waals surface area contributed by atoms with Crippen molar-refractivity contribution in [3.8, 4) is 11.3 Å². The average molecular weight is 543 g/mol. The van der Waals surface area contributed by atoms with Crippen molar-refractivity contribution in [2.24, 2.45) is 0 Å². The van der Waals surface area contributed by atoms with E-state index in [1.54, 1.807) is 19.5 Å². The molecule has 0 radical (unpaired) electrons. The zero-order valence-electron chi connectivity index (χ0n) is 22.3. The molecular formula is C30H31FN6O3. The summed E-state index contributed by atoms with van der Waals surface area (Å²) in [5, 5.41) is 6.40. The number of carbonyl (C=O) groups excluding carboxylic acids is 1. The molecule has 0 aliphatic carbocycles. The summed E-state index contributed by atoms with van der Waals surface area (Å²) < 4.78 is 26.8. The van der Waals surface area contributed by atoms with Gasteiger partial charge in [-0.05, 0) is 42.2 Å². The molecule has 0 saturated carbocycles. The second kappa shape index (κ2) is 10.3. The van der Waals surface area contributed by atoms with Gasteiger partial charge in [-0.25, -0.2) is 14.4 Å². The molecule has 4 aromatic rings. The number of amides is 1. The molecule has 0 bridgehead atoms. The van der Waals surface area contributed by atoms with Gasteiger partial charge < -0.3 is 20.1 Å². The summed E-state index contributed by atoms with van der Waals surface area (Å²) >= 11 is 0. The van der Waals surface area contributed by atoms with Crippen LogP contribution in [0.25, 0.3) is 16.9 Å². The number of hydrogen-bond donors (Lipinski definition) is 2. The molecule has 2 N–H and O–H groups in total. The molecule has 2 fully saturated rings. The number of hydrogen-bond acceptors (Lipinski definition) is 7. The number of halogens is 1. The zero-order chi connectivity index (χ0) is 27.2. The third kappa shape index (κ3) is 4.51. The maximum absolute atomic E-state index is 13.7. The van der Waals surface area contributed by atoms with E-state index in [9.17, 15) is 9.18 Å². The SMILES string of the molecule is CO[C@@H]1CCN(Cc2nc(Nc3ccc(-c4cnc5cc(F)ccn45)c4c3C(=O)NC4)ccc2[C@H]2CCOC2)C1. The largest absolute Gasteiger partial charge is 0.381 e. The molecule has 40 heavy (non-hydrogen) atoms. The molecule has 0 unspecified atom stereocenters. The number of ether oxygens (including phenoxy) is 2. The Kier molecular flexibility index (Phi) is 6.45. The van der Waals surface area contributed by atoms with Gasteiger partial charge in [-0.15, -0.1) is 0 Å². The van der Waals surface area contributed by atoms with Gasteiger partial charge in [0.05, 0.1) is 41.5 Å². The Morgan fingerprint density at radius 2 is 2.15 bits per heavy atom. The van der Waals surface area contributed by atoms with Crippen LogP contribution in [0.3, 0.4) is 0 Å². The van der Waals surface area contributed by atoms with Gasteiger partial charge in [-0.3, -0.25) is 14.1 Å². The lowest BCUT2D eigenvalue weighted by molar-refractivity contribution is 0.0966. The third-order valence-electron chi connectivity index (χ3n) is 8.29. The topological polar surface area (TPSA) is 93.0 Å². The van der Waals surface area contributed by atoms with Crippen molar-refractivity contribution in [1.82, 2.24) is 24.6 Å². The lowest BCUT2D eigenvalue weighted by Gasteiger charge is -2.21. The van der Waals surface area contributed by atoms with E-state index >= 15 is 0 Å². The van der Waals surface area contributed by atoms with Crippen molar-refractivity contribution < 1.29 is 18.7 Å². The molecule has 2 saturated heterocycles. The highest BCUT2D eigenvalue weighted by Gasteiger charge is 2.29. The van der Waals surface area contributed by atoms with Crippen LogP contribution in [0, 0.1) is 5.82 Å². The first kappa shape index (κ1) is 25.1. The number of imidazole rings is 1. The van der Waals surface area contributed by atoms with Crippen LogP contribution in [-0.2, 0) is 22.6 Å². The monoisotopic (exact) mass is 542 g/mol. The van der Waals surface area contributed by atoms with Gasteiger partial charge in [0.15, 0.2) is 0 Å². The van der Waals surface area contributed by atoms with Crippen molar-refractivity contribution >= 4 is 23.1 Å². The Bertz CT molecular complexity index is 1600. The van der Waals surface area contributed by atoms with Crippen LogP contribution < -0.4 is 10.6 Å². The predicted molar refractivity (Wildman–Crippen MR) is 148 cm³/mol. The molecule has 7 rings (SSSR count). The van der Waals surface area contributed by atoms with Gasteiger partial charge in [0, 0.05) is 63.6 Å². The molecule has 3 aromatic heterocycles. The Morgan fingerprint density at radius 3 is 2.98 bits per heavy atom. The smallest absolute Gasteiger partial charge is 0.254 e. The number of rotatable bonds is 7. The van der Waals surface area contributed by atoms with E-state index in [4.69, 9.17) is 14.5 Å². The normalized spacial score (nSPS) is 20.8. The number of methoxy groups -OCH3 is 1. The first-order valence-electron chi connectivity index (χ1n) is 13.7. The number of anilines is 2. The standard InChI is InChI=1S/C30H31FN6O3/c1-39-20-7-9-36(15-20)16-25-21(18-8-11-40-17-18)3-5-27(35-25)34-24-4-2-22(23-13-33-30(38)29(23)24)26-14-32-28-12-19(31)6-10-37(26)28/h2-6,10,12,14,18,20H,7-9,11,13,15-17H2,1H3,(H,33,38)(H,34,35)/t18-,20+/m0/s1. The highest BCUT2D eigenvalue weighted by Crippen LogP contribution is 2.36. The molecule has 6 heterocycles. The average Bonchev–Trinajstić information content (AvgIpc) is 3.77. The van der Waals surface area contributed by atoms with Crippen molar-refractivity contribution in [1.29, 1.82) is 0 Å². The quantitative estimate of drug-likeness (QED) is 0.361. The van der Waals surface area contributed by atoms with E-state index in [1.807, 2.05) is 22.6 Å². The third-order valence-corrected chi connectivity index (χ3v) is 8.29. The van der Waals surface area contributed by atoms with Gasteiger partial charge in [-0.2, -0.15) is 0 Å². The minimum Gasteiger partial charge on any atom is -0.381 e. The van der Waals surface area contributed by atoms with Crippen LogP contribution >= 0.6 is 0 Å². The lowest BCUT2D eigenvalue weighted by atomic mass is 9.96. The molecule has 1 amide bonds. The van der Waals surface area contributed by atoms with Crippen LogP contribution in [0.5, 0.6) is 0 Å². The second-order valence-electron chi connectivity index (χ2n) is 10.7.